The van der Waals surface area contributed by atoms with Crippen molar-refractivity contribution < 1.29 is 14.3 Å². The summed E-state index contributed by atoms with van der Waals surface area (Å²) in [5, 5.41) is 0.715. The van der Waals surface area contributed by atoms with Crippen molar-refractivity contribution in [3.05, 3.63) is 64.7 Å². The van der Waals surface area contributed by atoms with Crippen LogP contribution in [-0.4, -0.2) is 54.1 Å². The van der Waals surface area contributed by atoms with Crippen LogP contribution in [0.3, 0.4) is 0 Å². The van der Waals surface area contributed by atoms with Gasteiger partial charge in [-0.15, -0.1) is 0 Å². The number of hydrogen-bond donors (Lipinski definition) is 0. The predicted octanol–water partition coefficient (Wildman–Crippen LogP) is 4.77. The van der Waals surface area contributed by atoms with Gasteiger partial charge in [0, 0.05) is 36.8 Å². The van der Waals surface area contributed by atoms with Crippen molar-refractivity contribution in [1.29, 1.82) is 0 Å². The summed E-state index contributed by atoms with van der Waals surface area (Å²) >= 11 is 6.33. The van der Waals surface area contributed by atoms with Crippen LogP contribution in [0, 0.1) is 5.92 Å². The highest BCUT2D eigenvalue weighted by atomic mass is 35.5. The lowest BCUT2D eigenvalue weighted by atomic mass is 10.0. The monoisotopic (exact) mass is 456 g/mol. The van der Waals surface area contributed by atoms with Crippen molar-refractivity contribution in [3.8, 4) is 5.75 Å². The van der Waals surface area contributed by atoms with Crippen molar-refractivity contribution in [2.75, 3.05) is 26.2 Å². The first kappa shape index (κ1) is 23.1. The zero-order valence-corrected chi connectivity index (χ0v) is 19.8. The van der Waals surface area contributed by atoms with E-state index in [0.717, 1.165) is 55.9 Å². The molecular weight excluding hydrogens is 424 g/mol. The van der Waals surface area contributed by atoms with Crippen molar-refractivity contribution in [3.63, 3.8) is 0 Å². The molecule has 0 N–H and O–H groups in total. The Labute approximate surface area is 196 Å². The summed E-state index contributed by atoms with van der Waals surface area (Å²) < 4.78 is 12.1. The number of benzene rings is 2. The van der Waals surface area contributed by atoms with E-state index in [9.17, 15) is 4.79 Å². The molecule has 0 bridgehead atoms. The third-order valence-corrected chi connectivity index (χ3v) is 6.49. The molecule has 2 saturated heterocycles. The van der Waals surface area contributed by atoms with E-state index < -0.39 is 0 Å². The number of carbonyl (C=O) groups is 1. The Morgan fingerprint density at radius 3 is 2.69 bits per heavy atom. The molecule has 0 spiro atoms. The number of amides is 1. The van der Waals surface area contributed by atoms with Gasteiger partial charge >= 0.3 is 0 Å². The average Bonchev–Trinajstić information content (AvgIpc) is 2.98. The molecule has 0 aliphatic carbocycles. The van der Waals surface area contributed by atoms with E-state index in [-0.39, 0.29) is 24.7 Å². The molecule has 2 aromatic rings. The largest absolute Gasteiger partial charge is 0.489 e. The molecule has 2 aliphatic heterocycles. The smallest absolute Gasteiger partial charge is 0.248 e. The Balaban J connectivity index is 1.43. The lowest BCUT2D eigenvalue weighted by Gasteiger charge is -2.41. The normalized spacial score (nSPS) is 22.0. The zero-order chi connectivity index (χ0) is 22.5. The molecule has 4 rings (SSSR count). The van der Waals surface area contributed by atoms with Gasteiger partial charge in [-0.05, 0) is 42.5 Å². The van der Waals surface area contributed by atoms with Gasteiger partial charge in [-0.1, -0.05) is 55.8 Å². The van der Waals surface area contributed by atoms with E-state index >= 15 is 0 Å². The Hall–Kier alpha value is -2.08. The quantitative estimate of drug-likeness (QED) is 0.602. The van der Waals surface area contributed by atoms with Gasteiger partial charge in [-0.3, -0.25) is 9.69 Å². The third kappa shape index (κ3) is 5.83. The number of carbonyl (C=O) groups excluding carboxylic acids is 1. The molecule has 6 heteroatoms. The molecule has 2 fully saturated rings. The highest BCUT2D eigenvalue weighted by molar-refractivity contribution is 6.30. The molecule has 0 aromatic heterocycles. The first-order valence-corrected chi connectivity index (χ1v) is 12.0. The summed E-state index contributed by atoms with van der Waals surface area (Å²) in [5.74, 6) is 1.44. The highest BCUT2D eigenvalue weighted by Crippen LogP contribution is 2.29. The number of fused-ring (bicyclic) bond motifs is 1. The van der Waals surface area contributed by atoms with E-state index in [2.05, 4.69) is 35.8 Å². The predicted molar refractivity (Wildman–Crippen MR) is 127 cm³/mol. The van der Waals surface area contributed by atoms with Gasteiger partial charge in [-0.2, -0.15) is 0 Å². The number of nitrogens with zero attached hydrogens (tertiary/aromatic N) is 2. The van der Waals surface area contributed by atoms with Crippen LogP contribution in [0.2, 0.25) is 5.02 Å². The third-order valence-electron chi connectivity index (χ3n) is 6.26. The molecule has 0 saturated carbocycles. The molecule has 172 valence electrons. The van der Waals surface area contributed by atoms with Crippen LogP contribution in [-0.2, 0) is 22.7 Å². The summed E-state index contributed by atoms with van der Waals surface area (Å²) in [4.78, 5) is 17.0. The second-order valence-corrected chi connectivity index (χ2v) is 9.67. The molecule has 1 amide bonds. The second kappa shape index (κ2) is 10.7. The van der Waals surface area contributed by atoms with E-state index in [1.54, 1.807) is 0 Å². The van der Waals surface area contributed by atoms with E-state index in [4.69, 9.17) is 21.1 Å². The van der Waals surface area contributed by atoms with Crippen LogP contribution in [0.4, 0.5) is 0 Å². The minimum atomic E-state index is 0.115. The minimum absolute atomic E-state index is 0.115. The van der Waals surface area contributed by atoms with E-state index in [1.165, 1.54) is 0 Å². The average molecular weight is 457 g/mol. The maximum absolute atomic E-state index is 12.5. The number of halogens is 1. The molecule has 0 unspecified atom stereocenters. The Bertz CT molecular complexity index is 905. The fourth-order valence-corrected chi connectivity index (χ4v) is 4.88. The van der Waals surface area contributed by atoms with Gasteiger partial charge in [-0.25, -0.2) is 0 Å². The van der Waals surface area contributed by atoms with Crippen LogP contribution in [0.15, 0.2) is 48.5 Å². The standard InChI is InChI=1S/C26H33ClN2O3/c1-19(2)15-29-23-10-12-28(13-11-25(23)32-18-26(29)30)16-21-14-22(27)8-9-24(21)31-17-20-6-4-3-5-7-20/h3-9,14,19,23,25H,10-13,15-18H2,1-2H3/t23-,25-/m0/s1. The molecule has 0 radical (unpaired) electrons. The van der Waals surface area contributed by atoms with Crippen molar-refractivity contribution in [1.82, 2.24) is 9.80 Å². The van der Waals surface area contributed by atoms with Crippen molar-refractivity contribution in [2.24, 2.45) is 5.92 Å². The minimum Gasteiger partial charge on any atom is -0.489 e. The fraction of sp³-hybridized carbons (Fsp3) is 0.500. The van der Waals surface area contributed by atoms with Gasteiger partial charge in [0.15, 0.2) is 0 Å². The number of ether oxygens (including phenoxy) is 2. The van der Waals surface area contributed by atoms with Crippen LogP contribution in [0.25, 0.3) is 0 Å². The number of likely N-dealkylation sites (tertiary alicyclic amines) is 1. The topological polar surface area (TPSA) is 42.0 Å². The fourth-order valence-electron chi connectivity index (χ4n) is 4.69. The summed E-state index contributed by atoms with van der Waals surface area (Å²) in [5.41, 5.74) is 2.23. The molecule has 32 heavy (non-hydrogen) atoms. The maximum atomic E-state index is 12.5. The first-order valence-electron chi connectivity index (χ1n) is 11.6. The Morgan fingerprint density at radius 2 is 1.91 bits per heavy atom. The molecule has 2 atom stereocenters. The van der Waals surface area contributed by atoms with Gasteiger partial charge in [0.1, 0.15) is 19.0 Å². The van der Waals surface area contributed by atoms with Crippen LogP contribution < -0.4 is 4.74 Å². The maximum Gasteiger partial charge on any atom is 0.248 e. The molecule has 2 aliphatic rings. The summed E-state index contributed by atoms with van der Waals surface area (Å²) in [6.07, 6.45) is 1.96. The highest BCUT2D eigenvalue weighted by Gasteiger charge is 2.38. The molecule has 2 aromatic carbocycles. The van der Waals surface area contributed by atoms with Gasteiger partial charge < -0.3 is 14.4 Å². The van der Waals surface area contributed by atoms with Crippen LogP contribution >= 0.6 is 11.6 Å². The first-order chi connectivity index (χ1) is 15.5. The van der Waals surface area contributed by atoms with Gasteiger partial charge in [0.2, 0.25) is 5.91 Å². The molecule has 5 nitrogen and oxygen atoms in total. The van der Waals surface area contributed by atoms with E-state index in [1.807, 2.05) is 36.4 Å². The summed E-state index contributed by atoms with van der Waals surface area (Å²) in [6, 6.07) is 16.2. The second-order valence-electron chi connectivity index (χ2n) is 9.24. The SMILES string of the molecule is CC(C)CN1C(=O)CO[C@H]2CCN(Cc3cc(Cl)ccc3OCc3ccccc3)CC[C@@H]21. The lowest BCUT2D eigenvalue weighted by molar-refractivity contribution is -0.158. The summed E-state index contributed by atoms with van der Waals surface area (Å²) in [6.45, 7) is 8.47. The van der Waals surface area contributed by atoms with E-state index in [0.29, 0.717) is 17.5 Å². The summed E-state index contributed by atoms with van der Waals surface area (Å²) in [7, 11) is 0. The van der Waals surface area contributed by atoms with Crippen LogP contribution in [0.5, 0.6) is 5.75 Å². The number of rotatable bonds is 7. The zero-order valence-electron chi connectivity index (χ0n) is 19.0. The molecular formula is C26H33ClN2O3. The van der Waals surface area contributed by atoms with Crippen molar-refractivity contribution in [2.45, 2.75) is 52.0 Å². The van der Waals surface area contributed by atoms with Gasteiger partial charge in [0.05, 0.1) is 12.1 Å². The van der Waals surface area contributed by atoms with Crippen LogP contribution in [0.1, 0.15) is 37.8 Å². The number of hydrogen-bond acceptors (Lipinski definition) is 4. The van der Waals surface area contributed by atoms with Gasteiger partial charge in [0.25, 0.3) is 0 Å². The molecule has 2 heterocycles. The lowest BCUT2D eigenvalue weighted by Crippen LogP contribution is -2.55. The Morgan fingerprint density at radius 1 is 1.12 bits per heavy atom. The Kier molecular flexibility index (Phi) is 7.71. The van der Waals surface area contributed by atoms with Crippen molar-refractivity contribution >= 4 is 17.5 Å². The number of morpholine rings is 1.